The second-order valence-electron chi connectivity index (χ2n) is 8.30. The monoisotopic (exact) mass is 459 g/mol. The van der Waals surface area contributed by atoms with Gasteiger partial charge in [0.05, 0.1) is 40.3 Å². The van der Waals surface area contributed by atoms with E-state index < -0.39 is 5.82 Å². The summed E-state index contributed by atoms with van der Waals surface area (Å²) in [5, 5.41) is 8.61. The highest BCUT2D eigenvalue weighted by molar-refractivity contribution is 6.07. The van der Waals surface area contributed by atoms with Crippen molar-refractivity contribution in [3.05, 3.63) is 64.5 Å². The predicted octanol–water partition coefficient (Wildman–Crippen LogP) is 4.21. The Morgan fingerprint density at radius 2 is 1.91 bits per heavy atom. The molecule has 34 heavy (non-hydrogen) atoms. The van der Waals surface area contributed by atoms with E-state index in [2.05, 4.69) is 20.4 Å². The molecule has 1 N–H and O–H groups in total. The summed E-state index contributed by atoms with van der Waals surface area (Å²) < 4.78 is 20.0. The third kappa shape index (κ3) is 3.11. The predicted molar refractivity (Wildman–Crippen MR) is 132 cm³/mol. The quantitative estimate of drug-likeness (QED) is 0.426. The van der Waals surface area contributed by atoms with Gasteiger partial charge in [0.25, 0.3) is 0 Å². The van der Waals surface area contributed by atoms with Crippen LogP contribution in [-0.4, -0.2) is 35.9 Å². The normalized spacial score (nSPS) is 11.6. The summed E-state index contributed by atoms with van der Waals surface area (Å²) in [5.74, 6) is -0.536. The molecule has 0 amide bonds. The van der Waals surface area contributed by atoms with E-state index in [0.29, 0.717) is 28.5 Å². The molecule has 0 aliphatic carbocycles. The van der Waals surface area contributed by atoms with Crippen LogP contribution >= 0.6 is 0 Å². The lowest BCUT2D eigenvalue weighted by Crippen LogP contribution is -2.22. The first-order valence-corrected chi connectivity index (χ1v) is 11.3. The van der Waals surface area contributed by atoms with Crippen molar-refractivity contribution < 1.29 is 4.39 Å². The number of nitrogens with zero attached hydrogens (tertiary/aromatic N) is 6. The molecule has 0 atom stereocenters. The summed E-state index contributed by atoms with van der Waals surface area (Å²) in [6.07, 6.45) is 6.98. The van der Waals surface area contributed by atoms with Crippen molar-refractivity contribution in [2.24, 2.45) is 7.05 Å². The van der Waals surface area contributed by atoms with Gasteiger partial charge in [0.2, 0.25) is 0 Å². The van der Waals surface area contributed by atoms with Crippen LogP contribution in [-0.2, 0) is 20.0 Å². The number of imidazole rings is 1. The maximum atomic E-state index is 15.1. The fourth-order valence-corrected chi connectivity index (χ4v) is 4.60. The van der Waals surface area contributed by atoms with E-state index in [4.69, 9.17) is 0 Å². The summed E-state index contributed by atoms with van der Waals surface area (Å²) in [7, 11) is 3.54. The van der Waals surface area contributed by atoms with Crippen LogP contribution in [0, 0.1) is 12.7 Å². The van der Waals surface area contributed by atoms with Crippen molar-refractivity contribution in [1.29, 1.82) is 0 Å². The Bertz CT molecular complexity index is 1630. The van der Waals surface area contributed by atoms with Gasteiger partial charge in [-0.1, -0.05) is 6.92 Å². The Balaban J connectivity index is 1.95. The second-order valence-corrected chi connectivity index (χ2v) is 8.30. The Labute approximate surface area is 195 Å². The van der Waals surface area contributed by atoms with E-state index in [9.17, 15) is 4.79 Å². The molecule has 174 valence electrons. The maximum absolute atomic E-state index is 15.1. The number of nitrogens with one attached hydrogen (secondary N) is 1. The number of benzene rings is 1. The Kier molecular flexibility index (Phi) is 5.19. The molecule has 0 unspecified atom stereocenters. The molecule has 0 bridgehead atoms. The van der Waals surface area contributed by atoms with Crippen LogP contribution in [0.15, 0.2) is 41.7 Å². The molecule has 1 aromatic carbocycles. The average molecular weight is 460 g/mol. The van der Waals surface area contributed by atoms with Crippen LogP contribution in [0.3, 0.4) is 0 Å². The minimum absolute atomic E-state index is 0.231. The Morgan fingerprint density at radius 3 is 2.59 bits per heavy atom. The molecule has 0 radical (unpaired) electrons. The minimum atomic E-state index is -0.536. The first-order valence-electron chi connectivity index (χ1n) is 11.3. The maximum Gasteiger partial charge on any atom is 0.333 e. The molecule has 8 nitrogen and oxygen atoms in total. The number of hydrogen-bond donors (Lipinski definition) is 1. The van der Waals surface area contributed by atoms with E-state index >= 15 is 4.39 Å². The number of fused-ring (bicyclic) bond motifs is 3. The number of hydrogen-bond acceptors (Lipinski definition) is 5. The van der Waals surface area contributed by atoms with Gasteiger partial charge in [0.15, 0.2) is 5.82 Å². The van der Waals surface area contributed by atoms with Gasteiger partial charge < -0.3 is 5.32 Å². The zero-order valence-corrected chi connectivity index (χ0v) is 19.8. The zero-order chi connectivity index (χ0) is 24.1. The summed E-state index contributed by atoms with van der Waals surface area (Å²) in [4.78, 5) is 22.0. The van der Waals surface area contributed by atoms with Gasteiger partial charge in [0, 0.05) is 55.2 Å². The molecule has 0 fully saturated rings. The lowest BCUT2D eigenvalue weighted by Gasteiger charge is -2.13. The lowest BCUT2D eigenvalue weighted by molar-refractivity contribution is 0.606. The van der Waals surface area contributed by atoms with E-state index in [-0.39, 0.29) is 11.4 Å². The molecular weight excluding hydrogens is 433 g/mol. The van der Waals surface area contributed by atoms with Gasteiger partial charge in [-0.3, -0.25) is 23.8 Å². The summed E-state index contributed by atoms with van der Waals surface area (Å²) in [6, 6.07) is 3.97. The third-order valence-electron chi connectivity index (χ3n) is 6.41. The Morgan fingerprint density at radius 1 is 1.12 bits per heavy atom. The molecular formula is C25H26FN7O. The van der Waals surface area contributed by atoms with Crippen molar-refractivity contribution in [1.82, 2.24) is 28.9 Å². The Hall–Kier alpha value is -4.01. The standard InChI is InChI=1S/C25H26FN7O/c1-6-15-10-28-11-19(26)23(15)33-24-17-8-16(18-13-32(7-2)30-14(18)3)20(27-4)9-21(17)29-12-22(24)31(5)25(33)34/h8-13,27H,6-7H2,1-5H3. The van der Waals surface area contributed by atoms with Crippen molar-refractivity contribution in [2.45, 2.75) is 33.7 Å². The number of pyridine rings is 2. The number of aromatic nitrogens is 6. The van der Waals surface area contributed by atoms with Gasteiger partial charge in [-0.05, 0) is 38.0 Å². The minimum Gasteiger partial charge on any atom is -0.388 e. The molecule has 0 spiro atoms. The fourth-order valence-electron chi connectivity index (χ4n) is 4.60. The van der Waals surface area contributed by atoms with E-state index in [1.54, 1.807) is 19.4 Å². The molecule has 0 saturated heterocycles. The molecule has 9 heteroatoms. The van der Waals surface area contributed by atoms with E-state index in [1.165, 1.54) is 9.13 Å². The SMILES string of the molecule is CCc1cncc(F)c1-n1c(=O)n(C)c2cnc3cc(NC)c(-c4cn(CC)nc4C)cc3c21. The van der Waals surface area contributed by atoms with Gasteiger partial charge in [-0.25, -0.2) is 9.18 Å². The van der Waals surface area contributed by atoms with E-state index in [0.717, 1.165) is 40.6 Å². The molecule has 5 rings (SSSR count). The summed E-state index contributed by atoms with van der Waals surface area (Å²) >= 11 is 0. The molecule has 4 aromatic heterocycles. The van der Waals surface area contributed by atoms with Gasteiger partial charge in [-0.15, -0.1) is 0 Å². The van der Waals surface area contributed by atoms with Crippen molar-refractivity contribution in [3.8, 4) is 16.8 Å². The van der Waals surface area contributed by atoms with Crippen LogP contribution in [0.4, 0.5) is 10.1 Å². The first kappa shape index (κ1) is 21.8. The third-order valence-corrected chi connectivity index (χ3v) is 6.41. The molecule has 0 aliphatic rings. The highest BCUT2D eigenvalue weighted by atomic mass is 19.1. The van der Waals surface area contributed by atoms with Crippen molar-refractivity contribution in [3.63, 3.8) is 0 Å². The number of aryl methyl sites for hydroxylation is 4. The largest absolute Gasteiger partial charge is 0.388 e. The molecule has 0 aliphatic heterocycles. The fraction of sp³-hybridized carbons (Fsp3) is 0.280. The molecule has 5 aromatic rings. The van der Waals surface area contributed by atoms with Gasteiger partial charge >= 0.3 is 5.69 Å². The second kappa shape index (κ2) is 8.09. The van der Waals surface area contributed by atoms with Crippen LogP contribution in [0.2, 0.25) is 0 Å². The average Bonchev–Trinajstić information content (AvgIpc) is 3.34. The van der Waals surface area contributed by atoms with Gasteiger partial charge in [-0.2, -0.15) is 5.10 Å². The van der Waals surface area contributed by atoms with Crippen LogP contribution in [0.1, 0.15) is 25.1 Å². The molecule has 4 heterocycles. The van der Waals surface area contributed by atoms with Crippen LogP contribution < -0.4 is 11.0 Å². The van der Waals surface area contributed by atoms with Crippen molar-refractivity contribution in [2.75, 3.05) is 12.4 Å². The summed E-state index contributed by atoms with van der Waals surface area (Å²) in [6.45, 7) is 6.69. The summed E-state index contributed by atoms with van der Waals surface area (Å²) in [5.41, 5.74) is 6.22. The number of rotatable bonds is 5. The van der Waals surface area contributed by atoms with Crippen LogP contribution in [0.25, 0.3) is 38.8 Å². The highest BCUT2D eigenvalue weighted by Gasteiger charge is 2.22. The lowest BCUT2D eigenvalue weighted by atomic mass is 10.0. The number of anilines is 1. The number of halogens is 1. The van der Waals surface area contributed by atoms with Crippen LogP contribution in [0.5, 0.6) is 0 Å². The first-order chi connectivity index (χ1) is 16.4. The topological polar surface area (TPSA) is 82.6 Å². The van der Waals surface area contributed by atoms with E-state index in [1.807, 2.05) is 50.8 Å². The highest BCUT2D eigenvalue weighted by Crippen LogP contribution is 2.36. The zero-order valence-electron chi connectivity index (χ0n) is 19.8. The smallest absolute Gasteiger partial charge is 0.333 e. The van der Waals surface area contributed by atoms with Gasteiger partial charge in [0.1, 0.15) is 0 Å². The molecule has 0 saturated carbocycles. The van der Waals surface area contributed by atoms with Crippen molar-refractivity contribution >= 4 is 27.6 Å².